The predicted octanol–water partition coefficient (Wildman–Crippen LogP) is 4.36. The minimum absolute atomic E-state index is 0.0821. The second-order valence-corrected chi connectivity index (χ2v) is 7.97. The van der Waals surface area contributed by atoms with E-state index in [0.29, 0.717) is 29.0 Å². The molecule has 0 bridgehead atoms. The van der Waals surface area contributed by atoms with Crippen LogP contribution in [0.5, 0.6) is 0 Å². The number of hydrogen-bond acceptors (Lipinski definition) is 6. The summed E-state index contributed by atoms with van der Waals surface area (Å²) in [6.45, 7) is 2.83. The first kappa shape index (κ1) is 21.1. The van der Waals surface area contributed by atoms with Gasteiger partial charge in [-0.05, 0) is 31.2 Å². The number of ether oxygens (including phenoxy) is 1. The molecule has 2 aromatic carbocycles. The van der Waals surface area contributed by atoms with E-state index in [4.69, 9.17) is 16.3 Å². The van der Waals surface area contributed by atoms with Gasteiger partial charge in [-0.25, -0.2) is 4.98 Å². The van der Waals surface area contributed by atoms with Crippen LogP contribution in [-0.2, 0) is 16.1 Å². The van der Waals surface area contributed by atoms with Crippen molar-refractivity contribution >= 4 is 51.7 Å². The fraction of sp³-hybridized carbons (Fsp3) is 0.263. The average Bonchev–Trinajstić information content (AvgIpc) is 3.02. The predicted molar refractivity (Wildman–Crippen MR) is 114 cm³/mol. The molecule has 0 saturated carbocycles. The van der Waals surface area contributed by atoms with E-state index in [9.17, 15) is 14.9 Å². The summed E-state index contributed by atoms with van der Waals surface area (Å²) >= 11 is 7.37. The lowest BCUT2D eigenvalue weighted by Gasteiger charge is -2.13. The van der Waals surface area contributed by atoms with Crippen LogP contribution in [0.25, 0.3) is 11.0 Å². The molecule has 0 saturated heterocycles. The van der Waals surface area contributed by atoms with Crippen LogP contribution in [0.2, 0.25) is 5.02 Å². The van der Waals surface area contributed by atoms with Crippen LogP contribution in [0.3, 0.4) is 0 Å². The van der Waals surface area contributed by atoms with Crippen LogP contribution in [0.1, 0.15) is 6.92 Å². The molecule has 1 unspecified atom stereocenters. The summed E-state index contributed by atoms with van der Waals surface area (Å²) in [6.07, 6.45) is 0. The van der Waals surface area contributed by atoms with Gasteiger partial charge in [-0.3, -0.25) is 14.9 Å². The molecule has 1 aromatic heterocycles. The highest BCUT2D eigenvalue weighted by molar-refractivity contribution is 8.00. The second kappa shape index (κ2) is 9.25. The number of non-ortho nitro benzene ring substituents is 1. The fourth-order valence-electron chi connectivity index (χ4n) is 2.72. The van der Waals surface area contributed by atoms with Crippen molar-refractivity contribution in [1.29, 1.82) is 0 Å². The van der Waals surface area contributed by atoms with Gasteiger partial charge in [0.1, 0.15) is 0 Å². The SMILES string of the molecule is COCCn1c(SC(C)C(=O)Nc2cccc([N+](=O)[O-])c2)nc2cc(Cl)ccc21. The number of hydrogen-bond donors (Lipinski definition) is 1. The molecular formula is C19H19ClN4O4S. The van der Waals surface area contributed by atoms with Gasteiger partial charge in [0.25, 0.3) is 5.69 Å². The zero-order valence-corrected chi connectivity index (χ0v) is 17.4. The monoisotopic (exact) mass is 434 g/mol. The Morgan fingerprint density at radius 1 is 1.38 bits per heavy atom. The van der Waals surface area contributed by atoms with Gasteiger partial charge in [0.2, 0.25) is 5.91 Å². The van der Waals surface area contributed by atoms with Gasteiger partial charge in [0, 0.05) is 36.5 Å². The lowest BCUT2D eigenvalue weighted by atomic mass is 10.2. The van der Waals surface area contributed by atoms with Gasteiger partial charge < -0.3 is 14.6 Å². The van der Waals surface area contributed by atoms with Crippen molar-refractivity contribution in [3.05, 3.63) is 57.6 Å². The summed E-state index contributed by atoms with van der Waals surface area (Å²) in [5.41, 5.74) is 1.93. The van der Waals surface area contributed by atoms with Crippen molar-refractivity contribution < 1.29 is 14.5 Å². The fourth-order valence-corrected chi connectivity index (χ4v) is 3.84. The Balaban J connectivity index is 1.79. The molecule has 0 aliphatic carbocycles. The number of imidazole rings is 1. The number of nitro groups is 1. The van der Waals surface area contributed by atoms with E-state index in [-0.39, 0.29) is 11.6 Å². The van der Waals surface area contributed by atoms with Gasteiger partial charge >= 0.3 is 0 Å². The normalized spacial score (nSPS) is 12.1. The van der Waals surface area contributed by atoms with E-state index < -0.39 is 10.2 Å². The Kier molecular flexibility index (Phi) is 6.73. The maximum atomic E-state index is 12.6. The maximum absolute atomic E-state index is 12.6. The Morgan fingerprint density at radius 2 is 2.17 bits per heavy atom. The topological polar surface area (TPSA) is 99.3 Å². The van der Waals surface area contributed by atoms with E-state index >= 15 is 0 Å². The van der Waals surface area contributed by atoms with Crippen molar-refractivity contribution in [2.45, 2.75) is 23.9 Å². The number of aromatic nitrogens is 2. The van der Waals surface area contributed by atoms with Gasteiger partial charge in [0.05, 0.1) is 27.8 Å². The number of nitro benzene ring substituents is 1. The minimum atomic E-state index is -0.503. The molecule has 1 atom stereocenters. The maximum Gasteiger partial charge on any atom is 0.271 e. The Morgan fingerprint density at radius 3 is 2.90 bits per heavy atom. The third-order valence-corrected chi connectivity index (χ3v) is 5.50. The average molecular weight is 435 g/mol. The van der Waals surface area contributed by atoms with E-state index in [0.717, 1.165) is 11.0 Å². The molecule has 1 N–H and O–H groups in total. The summed E-state index contributed by atoms with van der Waals surface area (Å²) in [5.74, 6) is -0.279. The molecule has 29 heavy (non-hydrogen) atoms. The molecule has 3 rings (SSSR count). The summed E-state index contributed by atoms with van der Waals surface area (Å²) in [6, 6.07) is 11.3. The van der Waals surface area contributed by atoms with Crippen molar-refractivity contribution in [2.24, 2.45) is 0 Å². The molecule has 0 aliphatic heterocycles. The number of amides is 1. The molecular weight excluding hydrogens is 416 g/mol. The zero-order valence-electron chi connectivity index (χ0n) is 15.8. The number of rotatable bonds is 8. The molecule has 3 aromatic rings. The standard InChI is InChI=1S/C19H19ClN4O4S/c1-12(18(25)21-14-4-3-5-15(11-14)24(26)27)29-19-22-16-10-13(20)6-7-17(16)23(19)8-9-28-2/h3-7,10-12H,8-9H2,1-2H3,(H,21,25). The first-order chi connectivity index (χ1) is 13.9. The Bertz CT molecular complexity index is 1060. The summed E-state index contributed by atoms with van der Waals surface area (Å²) in [4.78, 5) is 27.6. The van der Waals surface area contributed by atoms with E-state index in [1.807, 2.05) is 10.6 Å². The van der Waals surface area contributed by atoms with Gasteiger partial charge in [-0.1, -0.05) is 29.4 Å². The molecule has 1 amide bonds. The van der Waals surface area contributed by atoms with E-state index in [1.165, 1.54) is 30.0 Å². The number of fused-ring (bicyclic) bond motifs is 1. The lowest BCUT2D eigenvalue weighted by molar-refractivity contribution is -0.384. The van der Waals surface area contributed by atoms with Gasteiger partial charge in [0.15, 0.2) is 5.16 Å². The van der Waals surface area contributed by atoms with Crippen molar-refractivity contribution in [3.8, 4) is 0 Å². The molecule has 8 nitrogen and oxygen atoms in total. The van der Waals surface area contributed by atoms with Crippen molar-refractivity contribution in [1.82, 2.24) is 9.55 Å². The van der Waals surface area contributed by atoms with Crippen molar-refractivity contribution in [3.63, 3.8) is 0 Å². The molecule has 0 aliphatic rings. The van der Waals surface area contributed by atoms with Crippen LogP contribution in [0, 0.1) is 10.1 Å². The number of carbonyl (C=O) groups is 1. The summed E-state index contributed by atoms with van der Waals surface area (Å²) in [5, 5.41) is 14.4. The van der Waals surface area contributed by atoms with Crippen LogP contribution in [-0.4, -0.2) is 39.3 Å². The van der Waals surface area contributed by atoms with Gasteiger partial charge in [-0.2, -0.15) is 0 Å². The molecule has 152 valence electrons. The second-order valence-electron chi connectivity index (χ2n) is 6.23. The largest absolute Gasteiger partial charge is 0.383 e. The smallest absolute Gasteiger partial charge is 0.271 e. The zero-order chi connectivity index (χ0) is 21.0. The summed E-state index contributed by atoms with van der Waals surface area (Å²) < 4.78 is 7.17. The highest BCUT2D eigenvalue weighted by atomic mass is 35.5. The molecule has 10 heteroatoms. The van der Waals surface area contributed by atoms with Crippen LogP contribution >= 0.6 is 23.4 Å². The highest BCUT2D eigenvalue weighted by Gasteiger charge is 2.20. The third-order valence-electron chi connectivity index (χ3n) is 4.17. The van der Waals surface area contributed by atoms with Crippen LogP contribution < -0.4 is 5.32 Å². The number of halogens is 1. The Hall–Kier alpha value is -2.62. The number of anilines is 1. The number of nitrogens with zero attached hydrogens (tertiary/aromatic N) is 3. The Labute approximate surface area is 176 Å². The molecule has 0 spiro atoms. The quantitative estimate of drug-likeness (QED) is 0.321. The minimum Gasteiger partial charge on any atom is -0.383 e. The number of carbonyl (C=O) groups excluding carboxylic acids is 1. The number of thioether (sulfide) groups is 1. The van der Waals surface area contributed by atoms with E-state index in [1.54, 1.807) is 32.2 Å². The lowest BCUT2D eigenvalue weighted by Crippen LogP contribution is -2.23. The highest BCUT2D eigenvalue weighted by Crippen LogP contribution is 2.29. The number of methoxy groups -OCH3 is 1. The van der Waals surface area contributed by atoms with Crippen molar-refractivity contribution in [2.75, 3.05) is 19.0 Å². The first-order valence-corrected chi connectivity index (χ1v) is 10.0. The number of benzene rings is 2. The summed E-state index contributed by atoms with van der Waals surface area (Å²) in [7, 11) is 1.62. The van der Waals surface area contributed by atoms with Gasteiger partial charge in [-0.15, -0.1) is 0 Å². The molecule has 1 heterocycles. The molecule has 0 radical (unpaired) electrons. The van der Waals surface area contributed by atoms with Crippen LogP contribution in [0.4, 0.5) is 11.4 Å². The van der Waals surface area contributed by atoms with Crippen LogP contribution in [0.15, 0.2) is 47.6 Å². The first-order valence-electron chi connectivity index (χ1n) is 8.75. The molecule has 0 fully saturated rings. The third kappa shape index (κ3) is 5.06. The van der Waals surface area contributed by atoms with E-state index in [2.05, 4.69) is 10.3 Å². The number of nitrogens with one attached hydrogen (secondary N) is 1.